The highest BCUT2D eigenvalue weighted by molar-refractivity contribution is 5.13. The summed E-state index contributed by atoms with van der Waals surface area (Å²) in [6, 6.07) is 10.1. The third-order valence-electron chi connectivity index (χ3n) is 2.64. The molecule has 1 heterocycles. The Kier molecular flexibility index (Phi) is 4.34. The van der Waals surface area contributed by atoms with E-state index in [9.17, 15) is 5.11 Å². The van der Waals surface area contributed by atoms with Crippen molar-refractivity contribution >= 4 is 0 Å². The lowest BCUT2D eigenvalue weighted by atomic mass is 10.1. The lowest BCUT2D eigenvalue weighted by molar-refractivity contribution is 0.0667. The number of epoxide rings is 1. The highest BCUT2D eigenvalue weighted by atomic mass is 16.6. The van der Waals surface area contributed by atoms with Crippen LogP contribution in [0.2, 0.25) is 0 Å². The molecule has 1 aromatic rings. The van der Waals surface area contributed by atoms with Gasteiger partial charge in [0.05, 0.1) is 25.4 Å². The van der Waals surface area contributed by atoms with Crippen LogP contribution in [-0.4, -0.2) is 30.5 Å². The highest BCUT2D eigenvalue weighted by Crippen LogP contribution is 2.17. The van der Waals surface area contributed by atoms with E-state index in [0.717, 1.165) is 13.0 Å². The molecule has 0 aliphatic carbocycles. The predicted molar refractivity (Wildman–Crippen MR) is 61.1 cm³/mol. The second kappa shape index (κ2) is 5.99. The van der Waals surface area contributed by atoms with Crippen molar-refractivity contribution in [3.8, 4) is 0 Å². The largest absolute Gasteiger partial charge is 0.393 e. The molecule has 1 aliphatic rings. The maximum absolute atomic E-state index is 9.60. The lowest BCUT2D eigenvalue weighted by Crippen LogP contribution is -2.13. The van der Waals surface area contributed by atoms with Crippen molar-refractivity contribution in [2.24, 2.45) is 0 Å². The van der Waals surface area contributed by atoms with Gasteiger partial charge in [0.2, 0.25) is 0 Å². The molecule has 1 N–H and O–H groups in total. The fourth-order valence-electron chi connectivity index (χ4n) is 1.61. The minimum atomic E-state index is -0.289. The van der Waals surface area contributed by atoms with Crippen LogP contribution >= 0.6 is 0 Å². The van der Waals surface area contributed by atoms with Gasteiger partial charge in [0.15, 0.2) is 0 Å². The molecule has 2 atom stereocenters. The van der Waals surface area contributed by atoms with E-state index in [-0.39, 0.29) is 6.10 Å². The molecule has 0 bridgehead atoms. The molecule has 3 heteroatoms. The summed E-state index contributed by atoms with van der Waals surface area (Å²) in [5.74, 6) is 0. The summed E-state index contributed by atoms with van der Waals surface area (Å²) >= 11 is 0. The molecule has 0 amide bonds. The van der Waals surface area contributed by atoms with E-state index in [1.807, 2.05) is 30.3 Å². The molecule has 0 spiro atoms. The zero-order chi connectivity index (χ0) is 11.2. The lowest BCUT2D eigenvalue weighted by Gasteiger charge is -2.09. The van der Waals surface area contributed by atoms with Crippen LogP contribution in [0.3, 0.4) is 0 Å². The molecule has 88 valence electrons. The topological polar surface area (TPSA) is 42.0 Å². The van der Waals surface area contributed by atoms with E-state index in [2.05, 4.69) is 0 Å². The van der Waals surface area contributed by atoms with Crippen molar-refractivity contribution in [1.29, 1.82) is 0 Å². The Bertz CT molecular complexity index is 295. The monoisotopic (exact) mass is 222 g/mol. The van der Waals surface area contributed by atoms with Gasteiger partial charge >= 0.3 is 0 Å². The standard InChI is InChI=1S/C13H18O3/c14-12(8-13-10-16-13)6-7-15-9-11-4-2-1-3-5-11/h1-5,12-14H,6-10H2/t12-,13-/m0/s1. The maximum atomic E-state index is 9.60. The van der Waals surface area contributed by atoms with E-state index >= 15 is 0 Å². The van der Waals surface area contributed by atoms with Gasteiger partial charge in [0.25, 0.3) is 0 Å². The summed E-state index contributed by atoms with van der Waals surface area (Å²) in [7, 11) is 0. The van der Waals surface area contributed by atoms with Gasteiger partial charge in [-0.05, 0) is 12.0 Å². The van der Waals surface area contributed by atoms with Gasteiger partial charge in [-0.15, -0.1) is 0 Å². The molecule has 0 aromatic heterocycles. The zero-order valence-corrected chi connectivity index (χ0v) is 9.34. The summed E-state index contributed by atoms with van der Waals surface area (Å²) in [5.41, 5.74) is 1.17. The first-order chi connectivity index (χ1) is 7.84. The molecule has 1 aromatic carbocycles. The van der Waals surface area contributed by atoms with E-state index < -0.39 is 0 Å². The van der Waals surface area contributed by atoms with Gasteiger partial charge in [-0.1, -0.05) is 30.3 Å². The van der Waals surface area contributed by atoms with Crippen molar-refractivity contribution in [1.82, 2.24) is 0 Å². The third kappa shape index (κ3) is 4.31. The minimum Gasteiger partial charge on any atom is -0.393 e. The second-order valence-electron chi connectivity index (χ2n) is 4.17. The summed E-state index contributed by atoms with van der Waals surface area (Å²) in [6.45, 7) is 2.03. The number of aliphatic hydroxyl groups excluding tert-OH is 1. The van der Waals surface area contributed by atoms with Crippen molar-refractivity contribution in [3.05, 3.63) is 35.9 Å². The van der Waals surface area contributed by atoms with E-state index in [0.29, 0.717) is 25.7 Å². The van der Waals surface area contributed by atoms with Crippen LogP contribution in [0.25, 0.3) is 0 Å². The highest BCUT2D eigenvalue weighted by Gasteiger charge is 2.25. The Morgan fingerprint density at radius 1 is 1.38 bits per heavy atom. The van der Waals surface area contributed by atoms with E-state index in [4.69, 9.17) is 9.47 Å². The Balaban J connectivity index is 1.54. The van der Waals surface area contributed by atoms with Gasteiger partial charge < -0.3 is 14.6 Å². The van der Waals surface area contributed by atoms with Gasteiger partial charge in [0.1, 0.15) is 0 Å². The summed E-state index contributed by atoms with van der Waals surface area (Å²) in [4.78, 5) is 0. The number of aliphatic hydroxyl groups is 1. The van der Waals surface area contributed by atoms with Crippen LogP contribution < -0.4 is 0 Å². The first kappa shape index (κ1) is 11.6. The fourth-order valence-corrected chi connectivity index (χ4v) is 1.61. The maximum Gasteiger partial charge on any atom is 0.0834 e. The smallest absolute Gasteiger partial charge is 0.0834 e. The second-order valence-corrected chi connectivity index (χ2v) is 4.17. The van der Waals surface area contributed by atoms with Crippen LogP contribution in [0.1, 0.15) is 18.4 Å². The molecule has 2 rings (SSSR count). The Morgan fingerprint density at radius 3 is 2.81 bits per heavy atom. The van der Waals surface area contributed by atoms with Crippen LogP contribution in [0, 0.1) is 0 Å². The fraction of sp³-hybridized carbons (Fsp3) is 0.538. The van der Waals surface area contributed by atoms with Gasteiger partial charge in [-0.2, -0.15) is 0 Å². The minimum absolute atomic E-state index is 0.289. The summed E-state index contributed by atoms with van der Waals surface area (Å²) < 4.78 is 10.5. The van der Waals surface area contributed by atoms with Crippen molar-refractivity contribution < 1.29 is 14.6 Å². The van der Waals surface area contributed by atoms with Crippen molar-refractivity contribution in [3.63, 3.8) is 0 Å². The average Bonchev–Trinajstić information content (AvgIpc) is 3.10. The third-order valence-corrected chi connectivity index (χ3v) is 2.64. The van der Waals surface area contributed by atoms with E-state index in [1.165, 1.54) is 5.56 Å². The summed E-state index contributed by atoms with van der Waals surface area (Å²) in [6.07, 6.45) is 1.44. The number of rotatable bonds is 7. The van der Waals surface area contributed by atoms with Crippen LogP contribution in [0.4, 0.5) is 0 Å². The van der Waals surface area contributed by atoms with Crippen LogP contribution in [0.15, 0.2) is 30.3 Å². The van der Waals surface area contributed by atoms with Crippen molar-refractivity contribution in [2.75, 3.05) is 13.2 Å². The Labute approximate surface area is 96.0 Å². The number of ether oxygens (including phenoxy) is 2. The molecular formula is C13H18O3. The Morgan fingerprint density at radius 2 is 2.12 bits per heavy atom. The number of hydrogen-bond acceptors (Lipinski definition) is 3. The molecule has 3 nitrogen and oxygen atoms in total. The van der Waals surface area contributed by atoms with Gasteiger partial charge in [-0.3, -0.25) is 0 Å². The zero-order valence-electron chi connectivity index (χ0n) is 9.34. The first-order valence-electron chi connectivity index (χ1n) is 5.76. The van der Waals surface area contributed by atoms with Crippen LogP contribution in [-0.2, 0) is 16.1 Å². The van der Waals surface area contributed by atoms with E-state index in [1.54, 1.807) is 0 Å². The SMILES string of the molecule is O[C@@H](CCOCc1ccccc1)C[C@H]1CO1. The van der Waals surface area contributed by atoms with Crippen LogP contribution in [0.5, 0.6) is 0 Å². The molecule has 0 radical (unpaired) electrons. The average molecular weight is 222 g/mol. The van der Waals surface area contributed by atoms with Gasteiger partial charge in [-0.25, -0.2) is 0 Å². The molecule has 0 unspecified atom stereocenters. The first-order valence-corrected chi connectivity index (χ1v) is 5.76. The molecule has 0 saturated carbocycles. The quantitative estimate of drug-likeness (QED) is 0.564. The number of benzene rings is 1. The normalized spacial score (nSPS) is 20.7. The molecule has 1 saturated heterocycles. The molecule has 1 aliphatic heterocycles. The molecular weight excluding hydrogens is 204 g/mol. The number of hydrogen-bond donors (Lipinski definition) is 1. The van der Waals surface area contributed by atoms with Gasteiger partial charge in [0, 0.05) is 13.0 Å². The van der Waals surface area contributed by atoms with Crippen molar-refractivity contribution in [2.45, 2.75) is 31.7 Å². The predicted octanol–water partition coefficient (Wildman–Crippen LogP) is 1.74. The molecule has 1 fully saturated rings. The molecule has 16 heavy (non-hydrogen) atoms. The Hall–Kier alpha value is -0.900. The summed E-state index contributed by atoms with van der Waals surface area (Å²) in [5, 5.41) is 9.60.